The Balaban J connectivity index is 0.00000320. The third kappa shape index (κ3) is 7.82. The zero-order valence-electron chi connectivity index (χ0n) is 17.5. The molecule has 0 aromatic heterocycles. The molecule has 5 nitrogen and oxygen atoms in total. The highest BCUT2D eigenvalue weighted by Crippen LogP contribution is 2.19. The molecule has 0 saturated carbocycles. The first-order valence-corrected chi connectivity index (χ1v) is 10.3. The van der Waals surface area contributed by atoms with E-state index in [0.717, 1.165) is 37.5 Å². The second-order valence-corrected chi connectivity index (χ2v) is 7.19. The number of guanidine groups is 1. The van der Waals surface area contributed by atoms with E-state index in [4.69, 9.17) is 0 Å². The number of halogens is 1. The molecule has 3 rings (SSSR count). The number of hydrogen-bond donors (Lipinski definition) is 2. The van der Waals surface area contributed by atoms with Gasteiger partial charge in [0.15, 0.2) is 5.96 Å². The Morgan fingerprint density at radius 3 is 2.27 bits per heavy atom. The summed E-state index contributed by atoms with van der Waals surface area (Å²) in [4.78, 5) is 18.7. The lowest BCUT2D eigenvalue weighted by Crippen LogP contribution is -2.45. The van der Waals surface area contributed by atoms with Crippen molar-refractivity contribution in [1.82, 2.24) is 15.5 Å². The van der Waals surface area contributed by atoms with E-state index in [1.165, 1.54) is 11.1 Å². The first-order valence-electron chi connectivity index (χ1n) is 10.3. The summed E-state index contributed by atoms with van der Waals surface area (Å²) in [6.07, 6.45) is 4.80. The lowest BCUT2D eigenvalue weighted by molar-refractivity contribution is -0.121. The summed E-state index contributed by atoms with van der Waals surface area (Å²) in [5.74, 6) is 0.920. The summed E-state index contributed by atoms with van der Waals surface area (Å²) < 4.78 is 0. The van der Waals surface area contributed by atoms with E-state index in [1.807, 2.05) is 36.4 Å². The van der Waals surface area contributed by atoms with Crippen molar-refractivity contribution in [1.29, 1.82) is 0 Å². The first-order chi connectivity index (χ1) is 14.2. The Morgan fingerprint density at radius 1 is 1.00 bits per heavy atom. The summed E-state index contributed by atoms with van der Waals surface area (Å²) in [6.45, 7) is 3.03. The molecule has 6 heteroatoms. The van der Waals surface area contributed by atoms with Crippen molar-refractivity contribution in [2.24, 2.45) is 4.99 Å². The number of carbonyl (C=O) groups is 1. The molecule has 0 bridgehead atoms. The van der Waals surface area contributed by atoms with Gasteiger partial charge in [0.05, 0.1) is 0 Å². The van der Waals surface area contributed by atoms with Crippen LogP contribution in [-0.2, 0) is 11.3 Å². The van der Waals surface area contributed by atoms with Gasteiger partial charge in [0, 0.05) is 39.6 Å². The van der Waals surface area contributed by atoms with Crippen molar-refractivity contribution in [3.63, 3.8) is 0 Å². The van der Waals surface area contributed by atoms with Crippen LogP contribution in [-0.4, -0.2) is 43.4 Å². The monoisotopic (exact) mass is 518 g/mol. The maximum atomic E-state index is 12.1. The predicted molar refractivity (Wildman–Crippen MR) is 135 cm³/mol. The van der Waals surface area contributed by atoms with Crippen LogP contribution in [0.15, 0.2) is 71.2 Å². The number of piperidine rings is 1. The Labute approximate surface area is 196 Å². The van der Waals surface area contributed by atoms with Crippen LogP contribution >= 0.6 is 24.0 Å². The van der Waals surface area contributed by atoms with E-state index in [-0.39, 0.29) is 29.9 Å². The summed E-state index contributed by atoms with van der Waals surface area (Å²) in [5, 5.41) is 6.29. The van der Waals surface area contributed by atoms with Crippen molar-refractivity contribution in [2.75, 3.05) is 26.7 Å². The van der Waals surface area contributed by atoms with E-state index in [9.17, 15) is 4.79 Å². The summed E-state index contributed by atoms with van der Waals surface area (Å²) in [6, 6.07) is 20.4. The molecule has 1 saturated heterocycles. The molecule has 160 valence electrons. The molecule has 2 aromatic carbocycles. The van der Waals surface area contributed by atoms with Crippen LogP contribution in [0.4, 0.5) is 0 Å². The molecule has 1 heterocycles. The number of carbonyl (C=O) groups excluding carboxylic acids is 1. The number of benzene rings is 2. The molecule has 2 N–H and O–H groups in total. The van der Waals surface area contributed by atoms with E-state index in [1.54, 1.807) is 7.05 Å². The summed E-state index contributed by atoms with van der Waals surface area (Å²) in [7, 11) is 1.80. The van der Waals surface area contributed by atoms with Gasteiger partial charge in [0.25, 0.3) is 0 Å². The summed E-state index contributed by atoms with van der Waals surface area (Å²) >= 11 is 0. The fourth-order valence-corrected chi connectivity index (χ4v) is 3.44. The third-order valence-corrected chi connectivity index (χ3v) is 5.06. The van der Waals surface area contributed by atoms with Crippen LogP contribution < -0.4 is 10.6 Å². The van der Waals surface area contributed by atoms with E-state index < -0.39 is 0 Å². The highest BCUT2D eigenvalue weighted by atomic mass is 127. The minimum Gasteiger partial charge on any atom is -0.356 e. The van der Waals surface area contributed by atoms with Gasteiger partial charge in [-0.1, -0.05) is 72.3 Å². The van der Waals surface area contributed by atoms with Crippen LogP contribution in [0, 0.1) is 0 Å². The Bertz CT molecular complexity index is 827. The number of rotatable bonds is 6. The molecule has 30 heavy (non-hydrogen) atoms. The molecule has 0 aliphatic carbocycles. The quantitative estimate of drug-likeness (QED) is 0.345. The molecule has 0 radical (unpaired) electrons. The lowest BCUT2D eigenvalue weighted by Gasteiger charge is -2.31. The second-order valence-electron chi connectivity index (χ2n) is 7.19. The molecule has 1 aliphatic heterocycles. The normalized spacial score (nSPS) is 14.0. The second kappa shape index (κ2) is 13.1. The van der Waals surface area contributed by atoms with Crippen molar-refractivity contribution in [3.05, 3.63) is 77.4 Å². The van der Waals surface area contributed by atoms with Gasteiger partial charge in [-0.15, -0.1) is 24.0 Å². The predicted octanol–water partition coefficient (Wildman–Crippen LogP) is 4.07. The topological polar surface area (TPSA) is 56.7 Å². The number of hydrogen-bond acceptors (Lipinski definition) is 2. The van der Waals surface area contributed by atoms with Crippen molar-refractivity contribution in [2.45, 2.75) is 25.8 Å². The zero-order valence-corrected chi connectivity index (χ0v) is 19.8. The van der Waals surface area contributed by atoms with Gasteiger partial charge in [-0.3, -0.25) is 9.79 Å². The number of likely N-dealkylation sites (tertiary alicyclic amines) is 1. The number of amides is 1. The maximum Gasteiger partial charge on any atom is 0.222 e. The fraction of sp³-hybridized carbons (Fsp3) is 0.333. The average Bonchev–Trinajstić information content (AvgIpc) is 2.77. The molecule has 1 fully saturated rings. The van der Waals surface area contributed by atoms with Crippen LogP contribution in [0.5, 0.6) is 0 Å². The molecular formula is C24H31IN4O. The van der Waals surface area contributed by atoms with Crippen molar-refractivity contribution < 1.29 is 4.79 Å². The smallest absolute Gasteiger partial charge is 0.222 e. The van der Waals surface area contributed by atoms with Gasteiger partial charge in [-0.05, 0) is 24.0 Å². The SMILES string of the molecule is CN=C(NCCC(=O)NCc1ccccc1)N1CCC(=Cc2ccccc2)CC1.I. The summed E-state index contributed by atoms with van der Waals surface area (Å²) in [5.41, 5.74) is 3.85. The van der Waals surface area contributed by atoms with Gasteiger partial charge in [-0.25, -0.2) is 0 Å². The van der Waals surface area contributed by atoms with Crippen LogP contribution in [0.2, 0.25) is 0 Å². The van der Waals surface area contributed by atoms with Gasteiger partial charge in [0.1, 0.15) is 0 Å². The standard InChI is InChI=1S/C24H30N4O.HI/c1-25-24(26-15-12-23(29)27-19-22-10-6-3-7-11-22)28-16-13-21(14-17-28)18-20-8-4-2-5-9-20;/h2-11,18H,12-17,19H2,1H3,(H,25,26)(H,27,29);1H. The molecule has 1 amide bonds. The number of nitrogens with zero attached hydrogens (tertiary/aromatic N) is 2. The minimum atomic E-state index is 0. The lowest BCUT2D eigenvalue weighted by atomic mass is 10.0. The zero-order chi connectivity index (χ0) is 20.3. The van der Waals surface area contributed by atoms with Gasteiger partial charge >= 0.3 is 0 Å². The fourth-order valence-electron chi connectivity index (χ4n) is 3.44. The van der Waals surface area contributed by atoms with Gasteiger partial charge < -0.3 is 15.5 Å². The molecule has 0 atom stereocenters. The van der Waals surface area contributed by atoms with E-state index in [0.29, 0.717) is 19.5 Å². The van der Waals surface area contributed by atoms with Crippen LogP contribution in [0.25, 0.3) is 6.08 Å². The Morgan fingerprint density at radius 2 is 1.63 bits per heavy atom. The van der Waals surface area contributed by atoms with Crippen molar-refractivity contribution in [3.8, 4) is 0 Å². The van der Waals surface area contributed by atoms with Gasteiger partial charge in [-0.2, -0.15) is 0 Å². The number of nitrogens with one attached hydrogen (secondary N) is 2. The largest absolute Gasteiger partial charge is 0.356 e. The Kier molecular flexibility index (Phi) is 10.4. The van der Waals surface area contributed by atoms with Gasteiger partial charge in [0.2, 0.25) is 5.91 Å². The molecule has 0 unspecified atom stereocenters. The first kappa shape index (κ1) is 23.9. The highest BCUT2D eigenvalue weighted by molar-refractivity contribution is 14.0. The average molecular weight is 518 g/mol. The highest BCUT2D eigenvalue weighted by Gasteiger charge is 2.17. The van der Waals surface area contributed by atoms with E-state index in [2.05, 4.69) is 50.9 Å². The Hall–Kier alpha value is -2.35. The third-order valence-electron chi connectivity index (χ3n) is 5.06. The molecule has 2 aromatic rings. The van der Waals surface area contributed by atoms with Crippen LogP contribution in [0.3, 0.4) is 0 Å². The van der Waals surface area contributed by atoms with E-state index >= 15 is 0 Å². The molecule has 1 aliphatic rings. The maximum absolute atomic E-state index is 12.1. The van der Waals surface area contributed by atoms with Crippen LogP contribution in [0.1, 0.15) is 30.4 Å². The molecule has 0 spiro atoms. The minimum absolute atomic E-state index is 0. The molecular weight excluding hydrogens is 487 g/mol. The van der Waals surface area contributed by atoms with Crippen molar-refractivity contribution >= 4 is 41.9 Å². The number of aliphatic imine (C=N–C) groups is 1.